The van der Waals surface area contributed by atoms with Gasteiger partial charge in [-0.1, -0.05) is 12.1 Å². The number of benzene rings is 1. The smallest absolute Gasteiger partial charge is 0.332 e. The third-order valence-corrected chi connectivity index (χ3v) is 5.29. The largest absolute Gasteiger partial charge is 0.370 e. The second-order valence-electron chi connectivity index (χ2n) is 7.10. The maximum absolute atomic E-state index is 13.9. The van der Waals surface area contributed by atoms with Gasteiger partial charge in [0.1, 0.15) is 17.7 Å². The summed E-state index contributed by atoms with van der Waals surface area (Å²) in [6, 6.07) is 8.70. The SMILES string of the molecule is Cn1c(NCCCN2CCN(c3ccccc3F)CC2)c(C#N)c(=O)n(C)c1=O. The highest BCUT2D eigenvalue weighted by Crippen LogP contribution is 2.20. The van der Waals surface area contributed by atoms with Gasteiger partial charge in [0.05, 0.1) is 5.69 Å². The van der Waals surface area contributed by atoms with E-state index in [2.05, 4.69) is 15.1 Å². The Kier molecular flexibility index (Phi) is 6.34. The van der Waals surface area contributed by atoms with Gasteiger partial charge in [0.15, 0.2) is 5.56 Å². The molecular weight excluding hydrogens is 375 g/mol. The highest BCUT2D eigenvalue weighted by molar-refractivity contribution is 5.51. The van der Waals surface area contributed by atoms with E-state index in [1.54, 1.807) is 12.1 Å². The van der Waals surface area contributed by atoms with E-state index in [0.29, 0.717) is 12.2 Å². The molecule has 0 bridgehead atoms. The molecule has 29 heavy (non-hydrogen) atoms. The molecule has 0 atom stereocenters. The second-order valence-corrected chi connectivity index (χ2v) is 7.10. The zero-order chi connectivity index (χ0) is 21.0. The average Bonchev–Trinajstić information content (AvgIpc) is 2.74. The molecule has 0 radical (unpaired) electrons. The average molecular weight is 400 g/mol. The van der Waals surface area contributed by atoms with Crippen LogP contribution in [-0.2, 0) is 14.1 Å². The van der Waals surface area contributed by atoms with E-state index >= 15 is 0 Å². The number of hydrogen-bond acceptors (Lipinski definition) is 6. The number of anilines is 2. The normalized spacial score (nSPS) is 14.6. The number of halogens is 1. The van der Waals surface area contributed by atoms with Crippen molar-refractivity contribution in [3.05, 3.63) is 56.5 Å². The maximum atomic E-state index is 13.9. The first kappa shape index (κ1) is 20.6. The number of para-hydroxylation sites is 1. The van der Waals surface area contributed by atoms with Crippen LogP contribution in [0.5, 0.6) is 0 Å². The molecule has 1 fully saturated rings. The summed E-state index contributed by atoms with van der Waals surface area (Å²) >= 11 is 0. The summed E-state index contributed by atoms with van der Waals surface area (Å²) in [5.41, 5.74) is -0.486. The number of nitriles is 1. The Morgan fingerprint density at radius 2 is 1.79 bits per heavy atom. The van der Waals surface area contributed by atoms with Crippen molar-refractivity contribution in [3.63, 3.8) is 0 Å². The van der Waals surface area contributed by atoms with Gasteiger partial charge in [-0.2, -0.15) is 5.26 Å². The standard InChI is InChI=1S/C20H25FN6O2/c1-24-18(15(14-22)19(28)25(2)20(24)29)23-8-5-9-26-10-12-27(13-11-26)17-7-4-3-6-16(17)21/h3-4,6-7,23H,5,8-13H2,1-2H3. The lowest BCUT2D eigenvalue weighted by Crippen LogP contribution is -2.47. The molecule has 1 saturated heterocycles. The van der Waals surface area contributed by atoms with Crippen molar-refractivity contribution in [2.24, 2.45) is 14.1 Å². The van der Waals surface area contributed by atoms with Crippen LogP contribution in [0.4, 0.5) is 15.9 Å². The summed E-state index contributed by atoms with van der Waals surface area (Å²) in [5, 5.41) is 12.3. The van der Waals surface area contributed by atoms with E-state index in [4.69, 9.17) is 0 Å². The van der Waals surface area contributed by atoms with Crippen molar-refractivity contribution in [2.75, 3.05) is 49.5 Å². The molecule has 1 aliphatic heterocycles. The molecule has 154 valence electrons. The minimum absolute atomic E-state index is 0.0619. The molecule has 0 spiro atoms. The molecule has 0 unspecified atom stereocenters. The molecule has 2 heterocycles. The van der Waals surface area contributed by atoms with E-state index < -0.39 is 11.2 Å². The Morgan fingerprint density at radius 1 is 1.10 bits per heavy atom. The Morgan fingerprint density at radius 3 is 2.45 bits per heavy atom. The summed E-state index contributed by atoms with van der Waals surface area (Å²) in [7, 11) is 2.89. The van der Waals surface area contributed by atoms with Crippen LogP contribution in [0.25, 0.3) is 0 Å². The molecule has 3 rings (SSSR count). The fourth-order valence-electron chi connectivity index (χ4n) is 3.58. The van der Waals surface area contributed by atoms with Crippen LogP contribution in [0.3, 0.4) is 0 Å². The van der Waals surface area contributed by atoms with Crippen LogP contribution >= 0.6 is 0 Å². The molecule has 0 saturated carbocycles. The minimum Gasteiger partial charge on any atom is -0.370 e. The Balaban J connectivity index is 1.52. The van der Waals surface area contributed by atoms with Crippen molar-refractivity contribution < 1.29 is 4.39 Å². The number of aromatic nitrogens is 2. The number of piperazine rings is 1. The zero-order valence-electron chi connectivity index (χ0n) is 16.7. The van der Waals surface area contributed by atoms with Crippen LogP contribution in [0, 0.1) is 17.1 Å². The fraction of sp³-hybridized carbons (Fsp3) is 0.450. The first-order valence-corrected chi connectivity index (χ1v) is 9.60. The number of rotatable bonds is 6. The van der Waals surface area contributed by atoms with Crippen molar-refractivity contribution >= 4 is 11.5 Å². The van der Waals surface area contributed by atoms with Crippen molar-refractivity contribution in [1.29, 1.82) is 5.26 Å². The first-order chi connectivity index (χ1) is 13.9. The Bertz CT molecular complexity index is 1030. The van der Waals surface area contributed by atoms with Gasteiger partial charge in [-0.3, -0.25) is 18.8 Å². The monoisotopic (exact) mass is 400 g/mol. The van der Waals surface area contributed by atoms with Crippen molar-refractivity contribution in [1.82, 2.24) is 14.0 Å². The number of hydrogen-bond donors (Lipinski definition) is 1. The van der Waals surface area contributed by atoms with Crippen LogP contribution in [0.1, 0.15) is 12.0 Å². The fourth-order valence-corrected chi connectivity index (χ4v) is 3.58. The topological polar surface area (TPSA) is 86.3 Å². The number of nitrogens with one attached hydrogen (secondary N) is 1. The van der Waals surface area contributed by atoms with Gasteiger partial charge in [0.25, 0.3) is 5.56 Å². The summed E-state index contributed by atoms with van der Waals surface area (Å²) in [6.07, 6.45) is 0.786. The molecular formula is C20H25FN6O2. The van der Waals surface area contributed by atoms with E-state index in [1.807, 2.05) is 12.1 Å². The van der Waals surface area contributed by atoms with Crippen LogP contribution < -0.4 is 21.5 Å². The lowest BCUT2D eigenvalue weighted by molar-refractivity contribution is 0.256. The van der Waals surface area contributed by atoms with Gasteiger partial charge < -0.3 is 10.2 Å². The molecule has 0 amide bonds. The highest BCUT2D eigenvalue weighted by atomic mass is 19.1. The highest BCUT2D eigenvalue weighted by Gasteiger charge is 2.19. The van der Waals surface area contributed by atoms with Gasteiger partial charge in [-0.15, -0.1) is 0 Å². The summed E-state index contributed by atoms with van der Waals surface area (Å²) in [6.45, 7) is 4.55. The van der Waals surface area contributed by atoms with Gasteiger partial charge in [-0.25, -0.2) is 9.18 Å². The van der Waals surface area contributed by atoms with E-state index in [0.717, 1.165) is 43.7 Å². The zero-order valence-corrected chi connectivity index (χ0v) is 16.7. The van der Waals surface area contributed by atoms with Crippen LogP contribution in [0.2, 0.25) is 0 Å². The molecule has 1 aliphatic rings. The predicted octanol–water partition coefficient (Wildman–Crippen LogP) is 0.719. The Labute approximate surface area is 168 Å². The second kappa shape index (κ2) is 8.92. The lowest BCUT2D eigenvalue weighted by atomic mass is 10.2. The summed E-state index contributed by atoms with van der Waals surface area (Å²) < 4.78 is 16.1. The quantitative estimate of drug-likeness (QED) is 0.719. The molecule has 2 aromatic rings. The van der Waals surface area contributed by atoms with Crippen molar-refractivity contribution in [3.8, 4) is 6.07 Å². The van der Waals surface area contributed by atoms with E-state index in [9.17, 15) is 19.2 Å². The Hall–Kier alpha value is -3.12. The number of nitrogens with zero attached hydrogens (tertiary/aromatic N) is 5. The molecule has 0 aliphatic carbocycles. The van der Waals surface area contributed by atoms with Crippen molar-refractivity contribution in [2.45, 2.75) is 6.42 Å². The predicted molar refractivity (Wildman–Crippen MR) is 110 cm³/mol. The van der Waals surface area contributed by atoms with Gasteiger partial charge in [0.2, 0.25) is 0 Å². The molecule has 1 aromatic carbocycles. The first-order valence-electron chi connectivity index (χ1n) is 9.60. The molecule has 8 nitrogen and oxygen atoms in total. The third kappa shape index (κ3) is 4.32. The molecule has 1 N–H and O–H groups in total. The maximum Gasteiger partial charge on any atom is 0.332 e. The minimum atomic E-state index is -0.595. The van der Waals surface area contributed by atoms with Gasteiger partial charge >= 0.3 is 5.69 Å². The van der Waals surface area contributed by atoms with Gasteiger partial charge in [0, 0.05) is 46.8 Å². The molecule has 1 aromatic heterocycles. The lowest BCUT2D eigenvalue weighted by Gasteiger charge is -2.36. The van der Waals surface area contributed by atoms with Crippen LogP contribution in [-0.4, -0.2) is 53.3 Å². The summed E-state index contributed by atoms with van der Waals surface area (Å²) in [4.78, 5) is 28.5. The van der Waals surface area contributed by atoms with E-state index in [-0.39, 0.29) is 17.2 Å². The van der Waals surface area contributed by atoms with E-state index in [1.165, 1.54) is 24.7 Å². The third-order valence-electron chi connectivity index (χ3n) is 5.29. The van der Waals surface area contributed by atoms with Gasteiger partial charge in [-0.05, 0) is 25.1 Å². The summed E-state index contributed by atoms with van der Waals surface area (Å²) in [5.74, 6) is 0.0584. The molecule has 9 heteroatoms. The van der Waals surface area contributed by atoms with Crippen LogP contribution in [0.15, 0.2) is 33.9 Å².